The van der Waals surface area contributed by atoms with Crippen molar-refractivity contribution in [3.63, 3.8) is 0 Å². The Morgan fingerprint density at radius 3 is 1.86 bits per heavy atom. The van der Waals surface area contributed by atoms with E-state index < -0.39 is 23.3 Å². The molecule has 0 saturated carbocycles. The Labute approximate surface area is 128 Å². The number of esters is 1. The van der Waals surface area contributed by atoms with E-state index in [4.69, 9.17) is 26.9 Å². The van der Waals surface area contributed by atoms with Crippen LogP contribution < -0.4 is 0 Å². The molecule has 0 aromatic rings. The molecular formula is C12H26O7Si2. The second-order valence-corrected chi connectivity index (χ2v) is 12.0. The van der Waals surface area contributed by atoms with E-state index in [9.17, 15) is 4.79 Å². The zero-order valence-electron chi connectivity index (χ0n) is 13.6. The van der Waals surface area contributed by atoms with Crippen LogP contribution in [0.5, 0.6) is 0 Å². The van der Waals surface area contributed by atoms with Crippen molar-refractivity contribution in [3.05, 3.63) is 12.7 Å². The first kappa shape index (κ1) is 20.4. The standard InChI is InChI=1S/C12H26O7Si2/c1-8-12(13)19-9-10-20(14-3,15-4)11(2)21(16-5,17-6)18-7/h8,11H,1,9-10H2,2-7H3. The minimum absolute atomic E-state index is 0.171. The minimum atomic E-state index is -2.93. The quantitative estimate of drug-likeness (QED) is 0.319. The zero-order valence-corrected chi connectivity index (χ0v) is 15.6. The van der Waals surface area contributed by atoms with Gasteiger partial charge in [-0.2, -0.15) is 0 Å². The molecule has 0 radical (unpaired) electrons. The maximum atomic E-state index is 11.1. The third kappa shape index (κ3) is 4.71. The first-order valence-electron chi connectivity index (χ1n) is 6.46. The molecule has 0 aliphatic carbocycles. The van der Waals surface area contributed by atoms with Crippen LogP contribution in [0, 0.1) is 0 Å². The summed E-state index contributed by atoms with van der Waals surface area (Å²) in [5, 5.41) is -0.206. The smallest absolute Gasteiger partial charge is 0.463 e. The molecule has 124 valence electrons. The Hall–Kier alpha value is -0.556. The molecule has 0 N–H and O–H groups in total. The predicted molar refractivity (Wildman–Crippen MR) is 81.9 cm³/mol. The van der Waals surface area contributed by atoms with E-state index in [0.29, 0.717) is 6.04 Å². The van der Waals surface area contributed by atoms with Crippen LogP contribution in [0.3, 0.4) is 0 Å². The molecule has 0 aromatic heterocycles. The van der Waals surface area contributed by atoms with Crippen LogP contribution in [0.15, 0.2) is 12.7 Å². The Morgan fingerprint density at radius 1 is 1.05 bits per heavy atom. The molecule has 21 heavy (non-hydrogen) atoms. The van der Waals surface area contributed by atoms with Gasteiger partial charge in [-0.3, -0.25) is 0 Å². The Balaban J connectivity index is 5.15. The zero-order chi connectivity index (χ0) is 16.5. The number of rotatable bonds is 11. The van der Waals surface area contributed by atoms with Gasteiger partial charge in [-0.25, -0.2) is 4.79 Å². The van der Waals surface area contributed by atoms with Gasteiger partial charge in [-0.1, -0.05) is 13.5 Å². The number of ether oxygens (including phenoxy) is 1. The number of carbonyl (C=O) groups excluding carboxylic acids is 1. The predicted octanol–water partition coefficient (Wildman–Crippen LogP) is 1.26. The summed E-state index contributed by atoms with van der Waals surface area (Å²) in [5.74, 6) is -0.480. The van der Waals surface area contributed by atoms with Crippen LogP contribution in [0.4, 0.5) is 0 Å². The fourth-order valence-corrected chi connectivity index (χ4v) is 10.3. The summed E-state index contributed by atoms with van der Waals surface area (Å²) in [6, 6.07) is 0.436. The normalized spacial score (nSPS) is 13.8. The number of hydrogen-bond donors (Lipinski definition) is 0. The highest BCUT2D eigenvalue weighted by molar-refractivity contribution is 6.85. The Bertz CT molecular complexity index is 321. The molecule has 1 atom stereocenters. The van der Waals surface area contributed by atoms with Gasteiger partial charge in [0.25, 0.3) is 0 Å². The van der Waals surface area contributed by atoms with Crippen molar-refractivity contribution in [2.24, 2.45) is 0 Å². The largest absolute Gasteiger partial charge is 0.505 e. The first-order chi connectivity index (χ1) is 9.91. The molecule has 0 spiro atoms. The van der Waals surface area contributed by atoms with E-state index in [1.54, 1.807) is 14.2 Å². The lowest BCUT2D eigenvalue weighted by molar-refractivity contribution is -0.137. The highest BCUT2D eigenvalue weighted by atomic mass is 28.4. The van der Waals surface area contributed by atoms with Crippen molar-refractivity contribution in [2.45, 2.75) is 18.1 Å². The summed E-state index contributed by atoms with van der Waals surface area (Å²) < 4.78 is 32.9. The molecule has 0 aliphatic rings. The molecule has 0 aromatic carbocycles. The summed E-state index contributed by atoms with van der Waals surface area (Å²) >= 11 is 0. The monoisotopic (exact) mass is 338 g/mol. The van der Waals surface area contributed by atoms with Crippen molar-refractivity contribution in [2.75, 3.05) is 42.2 Å². The summed E-state index contributed by atoms with van der Waals surface area (Å²) in [6.45, 7) is 5.44. The summed E-state index contributed by atoms with van der Waals surface area (Å²) in [6.07, 6.45) is 1.12. The van der Waals surface area contributed by atoms with Crippen molar-refractivity contribution in [3.8, 4) is 0 Å². The maximum absolute atomic E-state index is 11.1. The van der Waals surface area contributed by atoms with Crippen molar-refractivity contribution in [1.29, 1.82) is 0 Å². The molecule has 0 amide bonds. The molecule has 0 saturated heterocycles. The number of hydrogen-bond acceptors (Lipinski definition) is 7. The van der Waals surface area contributed by atoms with Crippen molar-refractivity contribution >= 4 is 23.3 Å². The van der Waals surface area contributed by atoms with Crippen molar-refractivity contribution < 1.29 is 31.7 Å². The van der Waals surface area contributed by atoms with Gasteiger partial charge in [-0.05, 0) is 0 Å². The van der Waals surface area contributed by atoms with E-state index in [1.807, 2.05) is 6.92 Å². The van der Waals surface area contributed by atoms with Gasteiger partial charge >= 0.3 is 23.3 Å². The average Bonchev–Trinajstić information content (AvgIpc) is 2.53. The maximum Gasteiger partial charge on any atom is 0.505 e. The van der Waals surface area contributed by atoms with Crippen LogP contribution in [0.25, 0.3) is 0 Å². The van der Waals surface area contributed by atoms with Gasteiger partial charge in [0, 0.05) is 47.7 Å². The van der Waals surface area contributed by atoms with Crippen LogP contribution in [-0.2, 0) is 31.7 Å². The lowest BCUT2D eigenvalue weighted by atomic mass is 10.6. The van der Waals surface area contributed by atoms with Gasteiger partial charge in [0.05, 0.1) is 11.8 Å². The SMILES string of the molecule is C=CC(=O)OCC[Si](OC)(OC)C(C)[Si](OC)(OC)OC. The fraction of sp³-hybridized carbons (Fsp3) is 0.750. The number of carbonyl (C=O) groups is 1. The molecule has 0 heterocycles. The molecule has 0 aliphatic heterocycles. The van der Waals surface area contributed by atoms with Crippen LogP contribution >= 0.6 is 0 Å². The molecule has 1 unspecified atom stereocenters. The highest BCUT2D eigenvalue weighted by Crippen LogP contribution is 2.36. The van der Waals surface area contributed by atoms with E-state index in [2.05, 4.69) is 6.58 Å². The molecule has 0 bridgehead atoms. The molecule has 9 heteroatoms. The minimum Gasteiger partial charge on any atom is -0.463 e. The van der Waals surface area contributed by atoms with Crippen LogP contribution in [0.2, 0.25) is 11.2 Å². The third-order valence-electron chi connectivity index (χ3n) is 3.60. The van der Waals surface area contributed by atoms with Gasteiger partial charge in [0.1, 0.15) is 0 Å². The van der Waals surface area contributed by atoms with Gasteiger partial charge in [-0.15, -0.1) is 0 Å². The second-order valence-electron chi connectivity index (χ2n) is 4.28. The second kappa shape index (κ2) is 9.46. The van der Waals surface area contributed by atoms with Crippen molar-refractivity contribution in [1.82, 2.24) is 0 Å². The van der Waals surface area contributed by atoms with E-state index >= 15 is 0 Å². The molecule has 0 fully saturated rings. The topological polar surface area (TPSA) is 72.5 Å². The molecular weight excluding hydrogens is 312 g/mol. The summed E-state index contributed by atoms with van der Waals surface area (Å²) in [7, 11) is 2.08. The molecule has 7 nitrogen and oxygen atoms in total. The fourth-order valence-electron chi connectivity index (χ4n) is 2.26. The van der Waals surface area contributed by atoms with E-state index in [1.165, 1.54) is 21.3 Å². The van der Waals surface area contributed by atoms with Gasteiger partial charge < -0.3 is 26.9 Å². The highest BCUT2D eigenvalue weighted by Gasteiger charge is 2.59. The lowest BCUT2D eigenvalue weighted by Gasteiger charge is -2.39. The third-order valence-corrected chi connectivity index (χ3v) is 12.3. The van der Waals surface area contributed by atoms with E-state index in [-0.39, 0.29) is 11.8 Å². The summed E-state index contributed by atoms with van der Waals surface area (Å²) in [5.41, 5.74) is 0. The van der Waals surface area contributed by atoms with Gasteiger partial charge in [0.15, 0.2) is 0 Å². The van der Waals surface area contributed by atoms with Crippen LogP contribution in [-0.4, -0.2) is 65.5 Å². The van der Waals surface area contributed by atoms with Gasteiger partial charge in [0.2, 0.25) is 0 Å². The Morgan fingerprint density at radius 2 is 1.52 bits per heavy atom. The van der Waals surface area contributed by atoms with E-state index in [0.717, 1.165) is 6.08 Å². The Kier molecular flexibility index (Phi) is 9.21. The lowest BCUT2D eigenvalue weighted by Crippen LogP contribution is -2.60. The first-order valence-corrected chi connectivity index (χ1v) is 10.4. The summed E-state index contributed by atoms with van der Waals surface area (Å²) in [4.78, 5) is 11.1. The van der Waals surface area contributed by atoms with Crippen LogP contribution in [0.1, 0.15) is 6.92 Å². The average molecular weight is 339 g/mol. The molecule has 0 rings (SSSR count).